The van der Waals surface area contributed by atoms with Gasteiger partial charge in [-0.1, -0.05) is 12.1 Å². The Kier molecular flexibility index (Phi) is 4.84. The fraction of sp³-hybridized carbons (Fsp3) is 0.500. The highest BCUT2D eigenvalue weighted by molar-refractivity contribution is 5.24. The number of nitrogens with zero attached hydrogens (tertiary/aromatic N) is 1. The Morgan fingerprint density at radius 3 is 1.89 bits per heavy atom. The lowest BCUT2D eigenvalue weighted by Gasteiger charge is -2.18. The summed E-state index contributed by atoms with van der Waals surface area (Å²) in [4.78, 5) is 1.41. The van der Waals surface area contributed by atoms with Crippen molar-refractivity contribution in [2.24, 2.45) is 0 Å². The van der Waals surface area contributed by atoms with Gasteiger partial charge in [-0.15, -0.1) is 0 Å². The molecule has 1 rings (SSSR count). The molecular formula is C12H13F6N. The molecule has 1 aromatic rings. The molecule has 0 bridgehead atoms. The standard InChI is InChI=1S/C12H13F6N/c1-19(7-6-11(13,14)15)8-9-2-4-10(5-3-9)12(16,17)18/h2-5H,6-8H2,1H3. The average molecular weight is 285 g/mol. The zero-order valence-electron chi connectivity index (χ0n) is 10.1. The van der Waals surface area contributed by atoms with Gasteiger partial charge in [-0.25, -0.2) is 0 Å². The number of hydrogen-bond acceptors (Lipinski definition) is 1. The summed E-state index contributed by atoms with van der Waals surface area (Å²) < 4.78 is 72.9. The highest BCUT2D eigenvalue weighted by Crippen LogP contribution is 2.29. The van der Waals surface area contributed by atoms with Gasteiger partial charge in [0.25, 0.3) is 0 Å². The van der Waals surface area contributed by atoms with Gasteiger partial charge in [0.05, 0.1) is 12.0 Å². The van der Waals surface area contributed by atoms with E-state index >= 15 is 0 Å². The minimum absolute atomic E-state index is 0.175. The Bertz CT molecular complexity index is 392. The predicted octanol–water partition coefficient (Wildman–Crippen LogP) is 4.09. The third kappa shape index (κ3) is 5.96. The number of hydrogen-bond donors (Lipinski definition) is 0. The summed E-state index contributed by atoms with van der Waals surface area (Å²) in [6.45, 7) is -0.0151. The first kappa shape index (κ1) is 15.8. The first-order valence-electron chi connectivity index (χ1n) is 5.49. The highest BCUT2D eigenvalue weighted by Gasteiger charge is 2.30. The smallest absolute Gasteiger partial charge is 0.302 e. The molecular weight excluding hydrogens is 272 g/mol. The van der Waals surface area contributed by atoms with Crippen molar-refractivity contribution in [3.05, 3.63) is 35.4 Å². The van der Waals surface area contributed by atoms with Crippen LogP contribution in [0.2, 0.25) is 0 Å². The van der Waals surface area contributed by atoms with E-state index in [1.807, 2.05) is 0 Å². The van der Waals surface area contributed by atoms with E-state index in [-0.39, 0.29) is 13.1 Å². The monoisotopic (exact) mass is 285 g/mol. The molecule has 0 N–H and O–H groups in total. The summed E-state index contributed by atoms with van der Waals surface area (Å²) in [6, 6.07) is 4.39. The van der Waals surface area contributed by atoms with Crippen LogP contribution < -0.4 is 0 Å². The van der Waals surface area contributed by atoms with Crippen LogP contribution in [0, 0.1) is 0 Å². The van der Waals surface area contributed by atoms with Crippen LogP contribution in [0.25, 0.3) is 0 Å². The topological polar surface area (TPSA) is 3.24 Å². The maximum absolute atomic E-state index is 12.3. The summed E-state index contributed by atoms with van der Waals surface area (Å²) >= 11 is 0. The molecule has 0 saturated carbocycles. The first-order chi connectivity index (χ1) is 8.58. The molecule has 0 heterocycles. The summed E-state index contributed by atoms with van der Waals surface area (Å²) in [6.07, 6.45) is -9.57. The van der Waals surface area contributed by atoms with Gasteiger partial charge in [-0.05, 0) is 24.7 Å². The molecule has 1 aromatic carbocycles. The molecule has 19 heavy (non-hydrogen) atoms. The summed E-state index contributed by atoms with van der Waals surface area (Å²) in [5.74, 6) is 0. The third-order valence-electron chi connectivity index (χ3n) is 2.51. The fourth-order valence-corrected chi connectivity index (χ4v) is 1.51. The molecule has 108 valence electrons. The molecule has 0 fully saturated rings. The van der Waals surface area contributed by atoms with E-state index in [0.717, 1.165) is 12.1 Å². The Morgan fingerprint density at radius 1 is 0.947 bits per heavy atom. The average Bonchev–Trinajstić information content (AvgIpc) is 2.25. The van der Waals surface area contributed by atoms with E-state index in [9.17, 15) is 26.3 Å². The van der Waals surface area contributed by atoms with Crippen molar-refractivity contribution < 1.29 is 26.3 Å². The van der Waals surface area contributed by atoms with Crippen molar-refractivity contribution >= 4 is 0 Å². The van der Waals surface area contributed by atoms with E-state index in [1.54, 1.807) is 0 Å². The lowest BCUT2D eigenvalue weighted by molar-refractivity contribution is -0.138. The second kappa shape index (κ2) is 5.81. The van der Waals surface area contributed by atoms with Crippen molar-refractivity contribution in [1.82, 2.24) is 4.90 Å². The van der Waals surface area contributed by atoms with Gasteiger partial charge in [-0.3, -0.25) is 0 Å². The normalized spacial score (nSPS) is 13.1. The Morgan fingerprint density at radius 2 is 1.47 bits per heavy atom. The van der Waals surface area contributed by atoms with Gasteiger partial charge in [0.1, 0.15) is 0 Å². The molecule has 0 saturated heterocycles. The van der Waals surface area contributed by atoms with Crippen LogP contribution in [0.15, 0.2) is 24.3 Å². The van der Waals surface area contributed by atoms with Crippen LogP contribution in [0.5, 0.6) is 0 Å². The Balaban J connectivity index is 2.54. The minimum atomic E-state index is -4.40. The zero-order valence-corrected chi connectivity index (χ0v) is 10.1. The molecule has 0 atom stereocenters. The number of rotatable bonds is 4. The van der Waals surface area contributed by atoms with Gasteiger partial charge in [0.15, 0.2) is 0 Å². The summed E-state index contributed by atoms with van der Waals surface area (Å²) in [5.41, 5.74) is -0.230. The highest BCUT2D eigenvalue weighted by atomic mass is 19.4. The zero-order chi connectivity index (χ0) is 14.7. The largest absolute Gasteiger partial charge is 0.416 e. The predicted molar refractivity (Wildman–Crippen MR) is 58.5 cm³/mol. The van der Waals surface area contributed by atoms with Crippen molar-refractivity contribution in [2.75, 3.05) is 13.6 Å². The van der Waals surface area contributed by atoms with Gasteiger partial charge >= 0.3 is 12.4 Å². The summed E-state index contributed by atoms with van der Waals surface area (Å²) in [5, 5.41) is 0. The molecule has 0 radical (unpaired) electrons. The number of halogens is 6. The molecule has 1 nitrogen and oxygen atoms in total. The molecule has 0 aliphatic rings. The second-order valence-electron chi connectivity index (χ2n) is 4.30. The molecule has 0 aromatic heterocycles. The molecule has 0 spiro atoms. The van der Waals surface area contributed by atoms with Crippen LogP contribution in [0.1, 0.15) is 17.5 Å². The molecule has 0 unspecified atom stereocenters. The van der Waals surface area contributed by atoms with Crippen LogP contribution >= 0.6 is 0 Å². The van der Waals surface area contributed by atoms with E-state index in [1.165, 1.54) is 24.1 Å². The van der Waals surface area contributed by atoms with Crippen LogP contribution in [-0.2, 0) is 12.7 Å². The van der Waals surface area contributed by atoms with Gasteiger partial charge in [0, 0.05) is 13.1 Å². The summed E-state index contributed by atoms with van der Waals surface area (Å²) in [7, 11) is 1.49. The first-order valence-corrected chi connectivity index (χ1v) is 5.49. The van der Waals surface area contributed by atoms with Gasteiger partial charge < -0.3 is 4.90 Å². The minimum Gasteiger partial charge on any atom is -0.302 e. The van der Waals surface area contributed by atoms with E-state index in [4.69, 9.17) is 0 Å². The van der Waals surface area contributed by atoms with E-state index in [0.29, 0.717) is 5.56 Å². The van der Waals surface area contributed by atoms with E-state index in [2.05, 4.69) is 0 Å². The van der Waals surface area contributed by atoms with Crippen LogP contribution in [0.4, 0.5) is 26.3 Å². The number of alkyl halides is 6. The van der Waals surface area contributed by atoms with E-state index < -0.39 is 24.3 Å². The quantitative estimate of drug-likeness (QED) is 0.753. The van der Waals surface area contributed by atoms with Crippen LogP contribution in [-0.4, -0.2) is 24.7 Å². The SMILES string of the molecule is CN(CCC(F)(F)F)Cc1ccc(C(F)(F)F)cc1. The van der Waals surface area contributed by atoms with Crippen molar-refractivity contribution in [2.45, 2.75) is 25.3 Å². The molecule has 0 amide bonds. The Labute approximate surface area is 106 Å². The lowest BCUT2D eigenvalue weighted by Crippen LogP contribution is -2.24. The van der Waals surface area contributed by atoms with Crippen LogP contribution in [0.3, 0.4) is 0 Å². The molecule has 0 aliphatic heterocycles. The Hall–Kier alpha value is -1.24. The fourth-order valence-electron chi connectivity index (χ4n) is 1.51. The third-order valence-corrected chi connectivity index (χ3v) is 2.51. The molecule has 7 heteroatoms. The maximum Gasteiger partial charge on any atom is 0.416 e. The maximum atomic E-state index is 12.3. The van der Waals surface area contributed by atoms with Gasteiger partial charge in [-0.2, -0.15) is 26.3 Å². The second-order valence-corrected chi connectivity index (χ2v) is 4.30. The van der Waals surface area contributed by atoms with Gasteiger partial charge in [0.2, 0.25) is 0 Å². The molecule has 0 aliphatic carbocycles. The van der Waals surface area contributed by atoms with Crippen molar-refractivity contribution in [1.29, 1.82) is 0 Å². The number of benzene rings is 1. The van der Waals surface area contributed by atoms with Crippen molar-refractivity contribution in [3.8, 4) is 0 Å². The lowest BCUT2D eigenvalue weighted by atomic mass is 10.1. The van der Waals surface area contributed by atoms with Crippen molar-refractivity contribution in [3.63, 3.8) is 0 Å².